The maximum atomic E-state index is 9.39. The maximum absolute atomic E-state index is 9.39. The highest BCUT2D eigenvalue weighted by Gasteiger charge is 2.10. The number of hydrogen-bond donors (Lipinski definition) is 3. The Labute approximate surface area is 141 Å². The molecule has 0 heterocycles. The molecule has 0 spiro atoms. The summed E-state index contributed by atoms with van der Waals surface area (Å²) in [5.41, 5.74) is 3.84. The topological polar surface area (TPSA) is 59.4 Å². The number of benzene rings is 3. The first-order valence-electron chi connectivity index (χ1n) is 7.68. The Balaban J connectivity index is 1.83. The molecule has 4 heteroatoms. The van der Waals surface area contributed by atoms with Gasteiger partial charge in [-0.3, -0.25) is 5.41 Å². The van der Waals surface area contributed by atoms with Gasteiger partial charge < -0.3 is 15.3 Å². The normalized spacial score (nSPS) is 10.2. The molecule has 3 rings (SSSR count). The molecule has 4 nitrogen and oxygen atoms in total. The van der Waals surface area contributed by atoms with E-state index in [4.69, 9.17) is 5.41 Å². The van der Waals surface area contributed by atoms with Gasteiger partial charge in [0.1, 0.15) is 5.75 Å². The Bertz CT molecular complexity index is 829. The van der Waals surface area contributed by atoms with Crippen molar-refractivity contribution in [3.05, 3.63) is 78.9 Å². The smallest absolute Gasteiger partial charge is 0.199 e. The molecule has 120 valence electrons. The minimum Gasteiger partial charge on any atom is -0.508 e. The SMILES string of the molecule is CN(C(=N)Nc1ccccc1-c1ccccc1)c1ccc(O)cc1. The van der Waals surface area contributed by atoms with Crippen molar-refractivity contribution >= 4 is 17.3 Å². The van der Waals surface area contributed by atoms with Crippen molar-refractivity contribution in [1.82, 2.24) is 0 Å². The zero-order chi connectivity index (χ0) is 16.9. The number of para-hydroxylation sites is 1. The van der Waals surface area contributed by atoms with Gasteiger partial charge in [0.25, 0.3) is 0 Å². The van der Waals surface area contributed by atoms with Gasteiger partial charge in [-0.25, -0.2) is 0 Å². The summed E-state index contributed by atoms with van der Waals surface area (Å²) in [6.07, 6.45) is 0. The quantitative estimate of drug-likeness (QED) is 0.491. The van der Waals surface area contributed by atoms with E-state index < -0.39 is 0 Å². The first kappa shape index (κ1) is 15.6. The zero-order valence-electron chi connectivity index (χ0n) is 13.4. The predicted molar refractivity (Wildman–Crippen MR) is 99.7 cm³/mol. The Kier molecular flexibility index (Phi) is 4.47. The number of nitrogens with zero attached hydrogens (tertiary/aromatic N) is 1. The molecular weight excluding hydrogens is 298 g/mol. The zero-order valence-corrected chi connectivity index (χ0v) is 13.4. The number of guanidine groups is 1. The molecule has 3 N–H and O–H groups in total. The van der Waals surface area contributed by atoms with Crippen molar-refractivity contribution < 1.29 is 5.11 Å². The third-order valence-corrected chi connectivity index (χ3v) is 3.84. The van der Waals surface area contributed by atoms with E-state index in [1.165, 1.54) is 0 Å². The molecule has 0 atom stereocenters. The number of nitrogens with one attached hydrogen (secondary N) is 2. The molecule has 0 aliphatic heterocycles. The average molecular weight is 317 g/mol. The van der Waals surface area contributed by atoms with Crippen LogP contribution in [0.4, 0.5) is 11.4 Å². The Morgan fingerprint density at radius 3 is 2.21 bits per heavy atom. The summed E-state index contributed by atoms with van der Waals surface area (Å²) in [4.78, 5) is 1.72. The molecular formula is C20H19N3O. The van der Waals surface area contributed by atoms with Crippen molar-refractivity contribution in [1.29, 1.82) is 5.41 Å². The fourth-order valence-electron chi connectivity index (χ4n) is 2.48. The molecule has 0 unspecified atom stereocenters. The van der Waals surface area contributed by atoms with Gasteiger partial charge in [-0.15, -0.1) is 0 Å². The molecule has 0 bridgehead atoms. The third kappa shape index (κ3) is 3.38. The Hall–Kier alpha value is -3.27. The van der Waals surface area contributed by atoms with Crippen molar-refractivity contribution in [2.45, 2.75) is 0 Å². The first-order valence-corrected chi connectivity index (χ1v) is 7.68. The lowest BCUT2D eigenvalue weighted by Gasteiger charge is -2.22. The molecule has 3 aromatic rings. The lowest BCUT2D eigenvalue weighted by molar-refractivity contribution is 0.475. The molecule has 0 radical (unpaired) electrons. The number of aromatic hydroxyl groups is 1. The minimum atomic E-state index is 0.209. The molecule has 0 aromatic heterocycles. The largest absolute Gasteiger partial charge is 0.508 e. The standard InChI is InChI=1S/C20H19N3O/c1-23(16-11-13-17(24)14-12-16)20(21)22-19-10-6-5-9-18(19)15-7-3-2-4-8-15/h2-14,24H,1H3,(H2,21,22). The first-order chi connectivity index (χ1) is 11.6. The summed E-state index contributed by atoms with van der Waals surface area (Å²) in [5, 5.41) is 20.9. The van der Waals surface area contributed by atoms with Crippen LogP contribution in [0.2, 0.25) is 0 Å². The number of rotatable bonds is 3. The summed E-state index contributed by atoms with van der Waals surface area (Å²) in [6.45, 7) is 0. The molecule has 0 fully saturated rings. The van der Waals surface area contributed by atoms with Gasteiger partial charge in [0, 0.05) is 24.0 Å². The summed E-state index contributed by atoms with van der Waals surface area (Å²) < 4.78 is 0. The highest BCUT2D eigenvalue weighted by atomic mass is 16.3. The van der Waals surface area contributed by atoms with Crippen molar-refractivity contribution in [2.24, 2.45) is 0 Å². The van der Waals surface area contributed by atoms with Gasteiger partial charge in [-0.2, -0.15) is 0 Å². The van der Waals surface area contributed by atoms with Crippen LogP contribution < -0.4 is 10.2 Å². The van der Waals surface area contributed by atoms with E-state index >= 15 is 0 Å². The van der Waals surface area contributed by atoms with E-state index in [9.17, 15) is 5.11 Å². The number of anilines is 2. The second kappa shape index (κ2) is 6.87. The van der Waals surface area contributed by atoms with Crippen LogP contribution in [0, 0.1) is 5.41 Å². The second-order valence-corrected chi connectivity index (χ2v) is 5.46. The molecule has 0 saturated heterocycles. The second-order valence-electron chi connectivity index (χ2n) is 5.46. The number of hydrogen-bond acceptors (Lipinski definition) is 2. The van der Waals surface area contributed by atoms with E-state index in [-0.39, 0.29) is 11.7 Å². The molecule has 0 amide bonds. The highest BCUT2D eigenvalue weighted by molar-refractivity contribution is 6.05. The van der Waals surface area contributed by atoms with Crippen LogP contribution in [0.25, 0.3) is 11.1 Å². The molecule has 0 aliphatic rings. The van der Waals surface area contributed by atoms with E-state index in [0.29, 0.717) is 0 Å². The van der Waals surface area contributed by atoms with Crippen LogP contribution >= 0.6 is 0 Å². The predicted octanol–water partition coefficient (Wildman–Crippen LogP) is 4.54. The fourth-order valence-corrected chi connectivity index (χ4v) is 2.48. The van der Waals surface area contributed by atoms with Crippen LogP contribution in [0.5, 0.6) is 5.75 Å². The van der Waals surface area contributed by atoms with Crippen LogP contribution in [0.3, 0.4) is 0 Å². The lowest BCUT2D eigenvalue weighted by atomic mass is 10.0. The average Bonchev–Trinajstić information content (AvgIpc) is 2.63. The summed E-state index contributed by atoms with van der Waals surface area (Å²) in [6, 6.07) is 24.8. The van der Waals surface area contributed by atoms with Crippen molar-refractivity contribution in [3.8, 4) is 16.9 Å². The Morgan fingerprint density at radius 1 is 0.875 bits per heavy atom. The van der Waals surface area contributed by atoms with E-state index in [1.54, 1.807) is 29.2 Å². The molecule has 3 aromatic carbocycles. The molecule has 24 heavy (non-hydrogen) atoms. The van der Waals surface area contributed by atoms with E-state index in [0.717, 1.165) is 22.5 Å². The monoisotopic (exact) mass is 317 g/mol. The Morgan fingerprint density at radius 2 is 1.50 bits per heavy atom. The summed E-state index contributed by atoms with van der Waals surface area (Å²) in [5.74, 6) is 0.463. The van der Waals surface area contributed by atoms with Gasteiger partial charge in [0.15, 0.2) is 5.96 Å². The molecule has 0 saturated carbocycles. The number of phenolic OH excluding ortho intramolecular Hbond substituents is 1. The van der Waals surface area contributed by atoms with E-state index in [1.807, 2.05) is 61.6 Å². The van der Waals surface area contributed by atoms with Gasteiger partial charge in [0.05, 0.1) is 0 Å². The van der Waals surface area contributed by atoms with Crippen molar-refractivity contribution in [3.63, 3.8) is 0 Å². The lowest BCUT2D eigenvalue weighted by Crippen LogP contribution is -2.32. The van der Waals surface area contributed by atoms with Crippen LogP contribution in [0.15, 0.2) is 78.9 Å². The van der Waals surface area contributed by atoms with Gasteiger partial charge in [-0.05, 0) is 35.9 Å². The summed E-state index contributed by atoms with van der Waals surface area (Å²) >= 11 is 0. The van der Waals surface area contributed by atoms with Gasteiger partial charge >= 0.3 is 0 Å². The van der Waals surface area contributed by atoms with Crippen molar-refractivity contribution in [2.75, 3.05) is 17.3 Å². The van der Waals surface area contributed by atoms with Crippen LogP contribution in [-0.2, 0) is 0 Å². The number of phenols is 1. The van der Waals surface area contributed by atoms with Gasteiger partial charge in [0.2, 0.25) is 0 Å². The third-order valence-electron chi connectivity index (χ3n) is 3.84. The fraction of sp³-hybridized carbons (Fsp3) is 0.0500. The van der Waals surface area contributed by atoms with Gasteiger partial charge in [-0.1, -0.05) is 48.5 Å². The highest BCUT2D eigenvalue weighted by Crippen LogP contribution is 2.28. The maximum Gasteiger partial charge on any atom is 0.199 e. The van der Waals surface area contributed by atoms with Crippen LogP contribution in [-0.4, -0.2) is 18.1 Å². The van der Waals surface area contributed by atoms with E-state index in [2.05, 4.69) is 5.32 Å². The van der Waals surface area contributed by atoms with Crippen LogP contribution in [0.1, 0.15) is 0 Å². The minimum absolute atomic E-state index is 0.209. The summed E-state index contributed by atoms with van der Waals surface area (Å²) in [7, 11) is 1.81. The molecule has 0 aliphatic carbocycles.